The van der Waals surface area contributed by atoms with Crippen molar-refractivity contribution in [2.24, 2.45) is 5.41 Å². The van der Waals surface area contributed by atoms with Crippen LogP contribution in [-0.4, -0.2) is 72.1 Å². The van der Waals surface area contributed by atoms with E-state index in [4.69, 9.17) is 10.1 Å². The van der Waals surface area contributed by atoms with Gasteiger partial charge in [0.2, 0.25) is 17.7 Å². The molecule has 2 saturated heterocycles. The third-order valence-electron chi connectivity index (χ3n) is 6.12. The average molecular weight is 427 g/mol. The Bertz CT molecular complexity index is 751. The Labute approximate surface area is 173 Å². The summed E-state index contributed by atoms with van der Waals surface area (Å²) in [6.07, 6.45) is 0.773. The number of carbonyl (C=O) groups is 3. The minimum absolute atomic E-state index is 0.0972. The van der Waals surface area contributed by atoms with Gasteiger partial charge in [0.25, 0.3) is 0 Å². The summed E-state index contributed by atoms with van der Waals surface area (Å²) in [4.78, 5) is 43.9. The van der Waals surface area contributed by atoms with E-state index in [1.165, 1.54) is 5.06 Å². The number of nitrogens with zero attached hydrogens (tertiary/aromatic N) is 3. The number of piperidine rings is 1. The number of hydrogen-bond donors (Lipinski definition) is 2. The van der Waals surface area contributed by atoms with Gasteiger partial charge in [0.05, 0.1) is 11.5 Å². The lowest BCUT2D eigenvalue weighted by atomic mass is 9.77. The molecule has 0 unspecified atom stereocenters. The number of rotatable bonds is 6. The Morgan fingerprint density at radius 2 is 1.83 bits per heavy atom. The normalized spacial score (nSPS) is 23.6. The van der Waals surface area contributed by atoms with E-state index in [1.807, 2.05) is 6.07 Å². The van der Waals surface area contributed by atoms with E-state index < -0.39 is 41.3 Å². The van der Waals surface area contributed by atoms with E-state index in [0.717, 1.165) is 6.42 Å². The number of hydroxylamine groups is 2. The fourth-order valence-electron chi connectivity index (χ4n) is 4.03. The highest BCUT2D eigenvalue weighted by Gasteiger charge is 2.48. The summed E-state index contributed by atoms with van der Waals surface area (Å²) in [5.41, 5.74) is -1.46. The van der Waals surface area contributed by atoms with Crippen LogP contribution in [0.25, 0.3) is 0 Å². The summed E-state index contributed by atoms with van der Waals surface area (Å²) in [7, 11) is 1.76. The van der Waals surface area contributed by atoms with E-state index in [9.17, 15) is 23.2 Å². The van der Waals surface area contributed by atoms with Crippen LogP contribution in [0.3, 0.4) is 0 Å². The van der Waals surface area contributed by atoms with Crippen LogP contribution >= 0.6 is 0 Å². The first-order valence-electron chi connectivity index (χ1n) is 10.1. The lowest BCUT2D eigenvalue weighted by Gasteiger charge is -2.36. The predicted octanol–water partition coefficient (Wildman–Crippen LogP) is 1.16. The molecule has 3 amide bonds. The fraction of sp³-hybridized carbons (Fsp3) is 0.789. The molecule has 2 aliphatic heterocycles. The van der Waals surface area contributed by atoms with Crippen LogP contribution in [0.1, 0.15) is 45.4 Å². The van der Waals surface area contributed by atoms with Crippen molar-refractivity contribution in [2.45, 2.75) is 63.0 Å². The van der Waals surface area contributed by atoms with Crippen LogP contribution in [0, 0.1) is 16.7 Å². The molecule has 3 fully saturated rings. The van der Waals surface area contributed by atoms with Gasteiger partial charge in [-0.3, -0.25) is 9.59 Å². The Balaban J connectivity index is 1.54. The first-order valence-corrected chi connectivity index (χ1v) is 10.1. The van der Waals surface area contributed by atoms with Gasteiger partial charge in [0.1, 0.15) is 11.6 Å². The molecule has 0 bridgehead atoms. The van der Waals surface area contributed by atoms with Crippen LogP contribution in [0.4, 0.5) is 13.6 Å². The van der Waals surface area contributed by atoms with Crippen LogP contribution in [0.5, 0.6) is 0 Å². The number of hydrogen-bond acceptors (Lipinski definition) is 6. The summed E-state index contributed by atoms with van der Waals surface area (Å²) < 4.78 is 27.1. The monoisotopic (exact) mass is 427 g/mol. The number of amides is 3. The lowest BCUT2D eigenvalue weighted by molar-refractivity contribution is -0.152. The van der Waals surface area contributed by atoms with Crippen molar-refractivity contribution in [3.05, 3.63) is 0 Å². The minimum Gasteiger partial charge on any atom is -0.351 e. The minimum atomic E-state index is -3.20. The van der Waals surface area contributed by atoms with Crippen LogP contribution in [-0.2, 0) is 14.4 Å². The highest BCUT2D eigenvalue weighted by atomic mass is 19.3. The highest BCUT2D eigenvalue weighted by Crippen LogP contribution is 2.41. The standard InChI is InChI=1S/C19H27F2N5O4/c1-17(20,21)11-13(14(27)24-19(12-22)3-4-19)23-16(29)30-26-9-6-18(7-10-26)5-8-25(2)15(18)28/h13H,3-11H2,1-2H3,(H,23,29)(H,24,27)/t13-/m0/s1. The molecule has 3 rings (SSSR count). The largest absolute Gasteiger partial charge is 0.426 e. The second-order valence-electron chi connectivity index (χ2n) is 8.72. The Hall–Kier alpha value is -2.48. The molecule has 2 heterocycles. The summed E-state index contributed by atoms with van der Waals surface area (Å²) in [5, 5.41) is 15.1. The van der Waals surface area contributed by atoms with Gasteiger partial charge >= 0.3 is 6.09 Å². The summed E-state index contributed by atoms with van der Waals surface area (Å²) in [6, 6.07) is 0.410. The first-order chi connectivity index (χ1) is 14.0. The molecular formula is C19H27F2N5O4. The third-order valence-corrected chi connectivity index (χ3v) is 6.12. The number of halogens is 2. The molecule has 9 nitrogen and oxygen atoms in total. The molecule has 166 valence electrons. The maximum Gasteiger partial charge on any atom is 0.426 e. The van der Waals surface area contributed by atoms with Crippen molar-refractivity contribution in [1.82, 2.24) is 20.6 Å². The number of alkyl halides is 2. The van der Waals surface area contributed by atoms with Crippen molar-refractivity contribution < 1.29 is 28.0 Å². The van der Waals surface area contributed by atoms with Crippen molar-refractivity contribution >= 4 is 17.9 Å². The SMILES string of the molecule is CN1CCC2(CCN(OC(=O)N[C@@H](CC(C)(F)F)C(=O)NC3(C#N)CC3)CC2)C1=O. The molecule has 1 spiro atoms. The maximum absolute atomic E-state index is 13.5. The molecule has 0 aromatic heterocycles. The highest BCUT2D eigenvalue weighted by molar-refractivity contribution is 5.87. The van der Waals surface area contributed by atoms with Crippen molar-refractivity contribution in [3.63, 3.8) is 0 Å². The van der Waals surface area contributed by atoms with E-state index >= 15 is 0 Å². The number of carbonyl (C=O) groups excluding carboxylic acids is 3. The van der Waals surface area contributed by atoms with Gasteiger partial charge < -0.3 is 20.4 Å². The topological polar surface area (TPSA) is 115 Å². The van der Waals surface area contributed by atoms with Crippen LogP contribution < -0.4 is 10.6 Å². The molecule has 2 N–H and O–H groups in total. The van der Waals surface area contributed by atoms with Gasteiger partial charge in [-0.2, -0.15) is 5.26 Å². The molecule has 0 aromatic rings. The fourth-order valence-corrected chi connectivity index (χ4v) is 4.03. The van der Waals surface area contributed by atoms with Crippen LogP contribution in [0.15, 0.2) is 0 Å². The average Bonchev–Trinajstić information content (AvgIpc) is 3.39. The molecule has 0 radical (unpaired) electrons. The number of likely N-dealkylation sites (tertiary alicyclic amines) is 1. The lowest BCUT2D eigenvalue weighted by Crippen LogP contribution is -2.53. The van der Waals surface area contributed by atoms with Crippen LogP contribution in [0.2, 0.25) is 0 Å². The molecule has 1 saturated carbocycles. The van der Waals surface area contributed by atoms with Gasteiger partial charge in [-0.15, -0.1) is 5.06 Å². The first kappa shape index (κ1) is 22.2. The van der Waals surface area contributed by atoms with E-state index in [1.54, 1.807) is 11.9 Å². The van der Waals surface area contributed by atoms with E-state index in [0.29, 0.717) is 52.2 Å². The van der Waals surface area contributed by atoms with Crippen molar-refractivity contribution in [1.29, 1.82) is 5.26 Å². The summed E-state index contributed by atoms with van der Waals surface area (Å²) >= 11 is 0. The van der Waals surface area contributed by atoms with Gasteiger partial charge in [-0.05, 0) is 39.0 Å². The van der Waals surface area contributed by atoms with E-state index in [2.05, 4.69) is 10.6 Å². The molecule has 1 atom stereocenters. The zero-order valence-electron chi connectivity index (χ0n) is 17.2. The number of nitriles is 1. The van der Waals surface area contributed by atoms with Crippen molar-refractivity contribution in [2.75, 3.05) is 26.7 Å². The number of nitrogens with one attached hydrogen (secondary N) is 2. The van der Waals surface area contributed by atoms with Gasteiger partial charge in [-0.25, -0.2) is 13.6 Å². The molecule has 3 aliphatic rings. The molecule has 0 aromatic carbocycles. The van der Waals surface area contributed by atoms with Gasteiger partial charge in [0.15, 0.2) is 0 Å². The Morgan fingerprint density at radius 3 is 2.30 bits per heavy atom. The zero-order valence-corrected chi connectivity index (χ0v) is 17.2. The van der Waals surface area contributed by atoms with Gasteiger partial charge in [0, 0.05) is 33.1 Å². The van der Waals surface area contributed by atoms with E-state index in [-0.39, 0.29) is 5.91 Å². The van der Waals surface area contributed by atoms with Crippen molar-refractivity contribution in [3.8, 4) is 6.07 Å². The summed E-state index contributed by atoms with van der Waals surface area (Å²) in [6.45, 7) is 2.03. The van der Waals surface area contributed by atoms with Gasteiger partial charge in [-0.1, -0.05) is 0 Å². The second-order valence-corrected chi connectivity index (χ2v) is 8.72. The molecule has 1 aliphatic carbocycles. The summed E-state index contributed by atoms with van der Waals surface area (Å²) in [5.74, 6) is -3.95. The predicted molar refractivity (Wildman–Crippen MR) is 99.9 cm³/mol. The zero-order chi connectivity index (χ0) is 22.2. The molecule has 30 heavy (non-hydrogen) atoms. The second kappa shape index (κ2) is 7.98. The molecule has 11 heteroatoms. The smallest absolute Gasteiger partial charge is 0.351 e. The maximum atomic E-state index is 13.5. The molecular weight excluding hydrogens is 400 g/mol. The Morgan fingerprint density at radius 1 is 1.23 bits per heavy atom. The Kier molecular flexibility index (Phi) is 5.91. The quantitative estimate of drug-likeness (QED) is 0.657. The third kappa shape index (κ3) is 4.98.